The first kappa shape index (κ1) is 23.1. The summed E-state index contributed by atoms with van der Waals surface area (Å²) in [6.45, 7) is 2.70. The van der Waals surface area contributed by atoms with E-state index in [9.17, 15) is 13.2 Å². The molecule has 0 unspecified atom stereocenters. The lowest BCUT2D eigenvalue weighted by Gasteiger charge is -2.28. The summed E-state index contributed by atoms with van der Waals surface area (Å²) in [7, 11) is 2.12. The summed E-state index contributed by atoms with van der Waals surface area (Å²) in [5.41, 5.74) is -0.554. The van der Waals surface area contributed by atoms with E-state index in [2.05, 4.69) is 37.2 Å². The molecule has 172 valence electrons. The zero-order valence-electron chi connectivity index (χ0n) is 17.4. The van der Waals surface area contributed by atoms with Crippen LogP contribution in [0, 0.1) is 5.92 Å². The number of alkyl halides is 3. The highest BCUT2D eigenvalue weighted by Gasteiger charge is 2.37. The topological polar surface area (TPSA) is 69.7 Å². The molecule has 0 radical (unpaired) electrons. The molecule has 6 nitrogen and oxygen atoms in total. The second kappa shape index (κ2) is 9.41. The molecule has 3 heterocycles. The van der Waals surface area contributed by atoms with Gasteiger partial charge >= 0.3 is 6.18 Å². The maximum Gasteiger partial charge on any atom is 0.434 e. The Morgan fingerprint density at radius 2 is 1.94 bits per heavy atom. The predicted octanol–water partition coefficient (Wildman–Crippen LogP) is 5.88. The van der Waals surface area contributed by atoms with Gasteiger partial charge in [-0.25, -0.2) is 15.0 Å². The molecule has 1 saturated heterocycles. The van der Waals surface area contributed by atoms with Crippen molar-refractivity contribution in [2.24, 2.45) is 5.92 Å². The van der Waals surface area contributed by atoms with Crippen molar-refractivity contribution in [2.45, 2.75) is 31.9 Å². The van der Waals surface area contributed by atoms with Gasteiger partial charge in [0.15, 0.2) is 5.69 Å². The van der Waals surface area contributed by atoms with E-state index in [4.69, 9.17) is 23.2 Å². The molecule has 0 amide bonds. The van der Waals surface area contributed by atoms with E-state index in [1.165, 1.54) is 6.07 Å². The van der Waals surface area contributed by atoms with Crippen molar-refractivity contribution >= 4 is 40.2 Å². The van der Waals surface area contributed by atoms with Gasteiger partial charge in [-0.15, -0.1) is 0 Å². The standard InChI is InChI=1S/C21H23Cl2F3N6/c1-32-7-4-12(5-8-32)3-2-6-27-20-28-11-14(18(31-20)21(24,25)26)19-29-16-10-13(22)9-15(23)17(16)30-19/h9-12H,2-8H2,1H3,(H,29,30)(H,27,28,31). The van der Waals surface area contributed by atoms with Gasteiger partial charge in [-0.05, 0) is 63.9 Å². The number of aromatic amines is 1. The quantitative estimate of drug-likeness (QED) is 0.425. The number of halogens is 5. The number of imidazole rings is 1. The van der Waals surface area contributed by atoms with Crippen molar-refractivity contribution in [3.63, 3.8) is 0 Å². The van der Waals surface area contributed by atoms with Crippen molar-refractivity contribution in [2.75, 3.05) is 32.0 Å². The summed E-state index contributed by atoms with van der Waals surface area (Å²) < 4.78 is 41.3. The summed E-state index contributed by atoms with van der Waals surface area (Å²) in [5, 5.41) is 3.52. The van der Waals surface area contributed by atoms with Gasteiger partial charge in [0.1, 0.15) is 11.3 Å². The Morgan fingerprint density at radius 1 is 1.19 bits per heavy atom. The van der Waals surface area contributed by atoms with Crippen molar-refractivity contribution < 1.29 is 13.2 Å². The molecule has 3 aromatic rings. The van der Waals surface area contributed by atoms with E-state index in [0.717, 1.165) is 45.0 Å². The Kier molecular flexibility index (Phi) is 6.78. The lowest BCUT2D eigenvalue weighted by molar-refractivity contribution is -0.140. The number of fused-ring (bicyclic) bond motifs is 1. The molecule has 4 rings (SSSR count). The van der Waals surface area contributed by atoms with Gasteiger partial charge in [-0.3, -0.25) is 0 Å². The minimum atomic E-state index is -4.68. The summed E-state index contributed by atoms with van der Waals surface area (Å²) in [6, 6.07) is 3.03. The third-order valence-corrected chi connectivity index (χ3v) is 6.23. The molecule has 11 heteroatoms. The van der Waals surface area contributed by atoms with Crippen LogP contribution in [0.5, 0.6) is 0 Å². The number of hydrogen-bond acceptors (Lipinski definition) is 5. The summed E-state index contributed by atoms with van der Waals surface area (Å²) >= 11 is 12.1. The normalized spacial score (nSPS) is 16.1. The average molecular weight is 487 g/mol. The molecule has 0 aliphatic carbocycles. The van der Waals surface area contributed by atoms with Gasteiger partial charge in [0.2, 0.25) is 5.95 Å². The fourth-order valence-corrected chi connectivity index (χ4v) is 4.50. The molecule has 0 bridgehead atoms. The first-order valence-corrected chi connectivity index (χ1v) is 11.2. The zero-order chi connectivity index (χ0) is 22.9. The largest absolute Gasteiger partial charge is 0.434 e. The van der Waals surface area contributed by atoms with E-state index in [1.54, 1.807) is 6.07 Å². The van der Waals surface area contributed by atoms with Crippen molar-refractivity contribution in [3.8, 4) is 11.4 Å². The number of nitrogens with one attached hydrogen (secondary N) is 2. The van der Waals surface area contributed by atoms with Gasteiger partial charge < -0.3 is 15.2 Å². The van der Waals surface area contributed by atoms with Gasteiger partial charge in [0.25, 0.3) is 0 Å². The lowest BCUT2D eigenvalue weighted by atomic mass is 9.92. The van der Waals surface area contributed by atoms with Crippen LogP contribution in [-0.2, 0) is 6.18 Å². The van der Waals surface area contributed by atoms with Gasteiger partial charge in [-0.2, -0.15) is 13.2 Å². The Hall–Kier alpha value is -2.10. The van der Waals surface area contributed by atoms with E-state index in [-0.39, 0.29) is 22.4 Å². The second-order valence-electron chi connectivity index (χ2n) is 8.14. The molecule has 0 atom stereocenters. The highest BCUT2D eigenvalue weighted by Crippen LogP contribution is 2.36. The Morgan fingerprint density at radius 3 is 2.66 bits per heavy atom. The smallest absolute Gasteiger partial charge is 0.354 e. The molecule has 32 heavy (non-hydrogen) atoms. The SMILES string of the molecule is CN1CCC(CCCNc2ncc(-c3nc4c(Cl)cc(Cl)cc4[nH]3)c(C(F)(F)F)n2)CC1. The lowest BCUT2D eigenvalue weighted by Crippen LogP contribution is -2.30. The van der Waals surface area contributed by atoms with Crippen LogP contribution in [0.2, 0.25) is 10.0 Å². The van der Waals surface area contributed by atoms with E-state index >= 15 is 0 Å². The average Bonchev–Trinajstić information content (AvgIpc) is 3.16. The monoisotopic (exact) mass is 486 g/mol. The summed E-state index contributed by atoms with van der Waals surface area (Å²) in [4.78, 5) is 17.2. The number of anilines is 1. The molecule has 1 aliphatic heterocycles. The van der Waals surface area contributed by atoms with Crippen LogP contribution >= 0.6 is 23.2 Å². The minimum absolute atomic E-state index is 0.0229. The molecule has 1 aliphatic rings. The van der Waals surface area contributed by atoms with E-state index in [0.29, 0.717) is 28.5 Å². The fraction of sp³-hybridized carbons (Fsp3) is 0.476. The molecule has 0 saturated carbocycles. The first-order chi connectivity index (χ1) is 15.2. The molecule has 1 fully saturated rings. The Bertz CT molecular complexity index is 1090. The highest BCUT2D eigenvalue weighted by molar-refractivity contribution is 6.38. The number of H-pyrrole nitrogens is 1. The molecule has 2 N–H and O–H groups in total. The number of aromatic nitrogens is 4. The first-order valence-electron chi connectivity index (χ1n) is 10.4. The fourth-order valence-electron chi connectivity index (χ4n) is 3.97. The predicted molar refractivity (Wildman–Crippen MR) is 120 cm³/mol. The van der Waals surface area contributed by atoms with E-state index in [1.807, 2.05) is 0 Å². The van der Waals surface area contributed by atoms with Crippen LogP contribution in [0.15, 0.2) is 18.3 Å². The van der Waals surface area contributed by atoms with Gasteiger partial charge in [-0.1, -0.05) is 23.2 Å². The Balaban J connectivity index is 1.49. The second-order valence-corrected chi connectivity index (χ2v) is 8.98. The third kappa shape index (κ3) is 5.27. The number of rotatable bonds is 6. The number of likely N-dealkylation sites (tertiary alicyclic amines) is 1. The number of nitrogens with zero attached hydrogens (tertiary/aromatic N) is 4. The highest BCUT2D eigenvalue weighted by atomic mass is 35.5. The summed E-state index contributed by atoms with van der Waals surface area (Å²) in [5.74, 6) is 0.586. The number of piperidine rings is 1. The molecule has 0 spiro atoms. The zero-order valence-corrected chi connectivity index (χ0v) is 18.9. The van der Waals surface area contributed by atoms with Gasteiger partial charge in [0.05, 0.1) is 16.1 Å². The number of hydrogen-bond donors (Lipinski definition) is 2. The minimum Gasteiger partial charge on any atom is -0.354 e. The third-order valence-electron chi connectivity index (χ3n) is 5.73. The van der Waals surface area contributed by atoms with Crippen LogP contribution in [0.1, 0.15) is 31.4 Å². The van der Waals surface area contributed by atoms with Gasteiger partial charge in [0, 0.05) is 17.8 Å². The van der Waals surface area contributed by atoms with E-state index < -0.39 is 11.9 Å². The number of benzene rings is 1. The van der Waals surface area contributed by atoms with Crippen LogP contribution < -0.4 is 5.32 Å². The molecular weight excluding hydrogens is 464 g/mol. The van der Waals surface area contributed by atoms with Crippen molar-refractivity contribution in [3.05, 3.63) is 34.1 Å². The van der Waals surface area contributed by atoms with Crippen LogP contribution in [0.25, 0.3) is 22.4 Å². The molecular formula is C21H23Cl2F3N6. The molecule has 1 aromatic carbocycles. The van der Waals surface area contributed by atoms with Crippen LogP contribution in [0.4, 0.5) is 19.1 Å². The summed E-state index contributed by atoms with van der Waals surface area (Å²) in [6.07, 6.45) is 0.655. The maximum absolute atomic E-state index is 13.8. The van der Waals surface area contributed by atoms with Crippen LogP contribution in [-0.4, -0.2) is 51.5 Å². The van der Waals surface area contributed by atoms with Crippen molar-refractivity contribution in [1.82, 2.24) is 24.8 Å². The van der Waals surface area contributed by atoms with Crippen molar-refractivity contribution in [1.29, 1.82) is 0 Å². The maximum atomic E-state index is 13.8. The van der Waals surface area contributed by atoms with Crippen LogP contribution in [0.3, 0.4) is 0 Å². The molecule has 2 aromatic heterocycles. The Labute approximate surface area is 193 Å².